The van der Waals surface area contributed by atoms with Crippen LogP contribution in [0.15, 0.2) is 0 Å². The molecule has 0 aromatic rings. The Morgan fingerprint density at radius 1 is 1.37 bits per heavy atom. The number of thioether (sulfide) groups is 1. The van der Waals surface area contributed by atoms with Crippen molar-refractivity contribution >= 4 is 23.8 Å². The highest BCUT2D eigenvalue weighted by Crippen LogP contribution is 2.19. The quantitative estimate of drug-likeness (QED) is 0.704. The molecule has 110 valence electrons. The van der Waals surface area contributed by atoms with E-state index in [9.17, 15) is 9.59 Å². The number of carboxylic acid groups (broad SMARTS) is 1. The van der Waals surface area contributed by atoms with Crippen LogP contribution >= 0.6 is 11.8 Å². The number of carbonyl (C=O) groups excluding carboxylic acids is 1. The van der Waals surface area contributed by atoms with E-state index < -0.39 is 5.97 Å². The summed E-state index contributed by atoms with van der Waals surface area (Å²) in [5.41, 5.74) is 0. The average Bonchev–Trinajstić information content (AvgIpc) is 2.38. The van der Waals surface area contributed by atoms with Crippen molar-refractivity contribution in [2.24, 2.45) is 0 Å². The van der Waals surface area contributed by atoms with Crippen molar-refractivity contribution < 1.29 is 14.7 Å². The van der Waals surface area contributed by atoms with E-state index in [4.69, 9.17) is 5.11 Å². The van der Waals surface area contributed by atoms with Crippen LogP contribution in [0.25, 0.3) is 0 Å². The van der Waals surface area contributed by atoms with Gasteiger partial charge >= 0.3 is 12.0 Å². The van der Waals surface area contributed by atoms with E-state index in [1.807, 2.05) is 11.8 Å². The van der Waals surface area contributed by atoms with Gasteiger partial charge < -0.3 is 15.3 Å². The van der Waals surface area contributed by atoms with Gasteiger partial charge in [0.15, 0.2) is 0 Å². The summed E-state index contributed by atoms with van der Waals surface area (Å²) >= 11 is 1.81. The number of hydrogen-bond donors (Lipinski definition) is 2. The molecule has 0 aliphatic carbocycles. The molecular weight excluding hydrogens is 264 g/mol. The van der Waals surface area contributed by atoms with Gasteiger partial charge in [0, 0.05) is 19.1 Å². The molecule has 0 bridgehead atoms. The third kappa shape index (κ3) is 6.18. The van der Waals surface area contributed by atoms with Crippen molar-refractivity contribution in [2.75, 3.05) is 25.1 Å². The van der Waals surface area contributed by atoms with E-state index >= 15 is 0 Å². The van der Waals surface area contributed by atoms with E-state index in [0.717, 1.165) is 37.9 Å². The van der Waals surface area contributed by atoms with Crippen LogP contribution in [0.3, 0.4) is 0 Å². The summed E-state index contributed by atoms with van der Waals surface area (Å²) in [5, 5.41) is 11.8. The maximum atomic E-state index is 12.0. The van der Waals surface area contributed by atoms with Gasteiger partial charge in [0.25, 0.3) is 0 Å². The SMILES string of the molecule is CSCCCCNC(=O)N1CCCCC1CC(=O)O. The molecule has 6 heteroatoms. The van der Waals surface area contributed by atoms with Gasteiger partial charge in [-0.3, -0.25) is 4.79 Å². The number of aliphatic carboxylic acids is 1. The average molecular weight is 288 g/mol. The minimum absolute atomic E-state index is 0.0555. The molecule has 1 unspecified atom stereocenters. The van der Waals surface area contributed by atoms with Crippen LogP contribution in [-0.4, -0.2) is 53.1 Å². The lowest BCUT2D eigenvalue weighted by molar-refractivity contribution is -0.138. The Morgan fingerprint density at radius 2 is 2.16 bits per heavy atom. The van der Waals surface area contributed by atoms with E-state index in [1.54, 1.807) is 4.90 Å². The van der Waals surface area contributed by atoms with Crippen molar-refractivity contribution in [2.45, 2.75) is 44.6 Å². The maximum absolute atomic E-state index is 12.0. The lowest BCUT2D eigenvalue weighted by atomic mass is 10.00. The first kappa shape index (κ1) is 16.1. The number of likely N-dealkylation sites (tertiary alicyclic amines) is 1. The molecule has 0 spiro atoms. The Morgan fingerprint density at radius 3 is 2.84 bits per heavy atom. The molecule has 0 aromatic heterocycles. The zero-order chi connectivity index (χ0) is 14.1. The Hall–Kier alpha value is -0.910. The summed E-state index contributed by atoms with van der Waals surface area (Å²) in [6.07, 6.45) is 6.98. The highest BCUT2D eigenvalue weighted by Gasteiger charge is 2.28. The zero-order valence-electron chi connectivity index (χ0n) is 11.6. The first-order valence-corrected chi connectivity index (χ1v) is 8.29. The third-order valence-corrected chi connectivity index (χ3v) is 4.05. The van der Waals surface area contributed by atoms with Crippen LogP contribution < -0.4 is 5.32 Å². The fourth-order valence-corrected chi connectivity index (χ4v) is 2.84. The van der Waals surface area contributed by atoms with E-state index in [-0.39, 0.29) is 18.5 Å². The van der Waals surface area contributed by atoms with Gasteiger partial charge in [-0.25, -0.2) is 4.79 Å². The van der Waals surface area contributed by atoms with Gasteiger partial charge in [0.05, 0.1) is 6.42 Å². The molecular formula is C13H24N2O3S. The van der Waals surface area contributed by atoms with Crippen LogP contribution in [0.1, 0.15) is 38.5 Å². The second kappa shape index (κ2) is 9.07. The maximum Gasteiger partial charge on any atom is 0.317 e. The Balaban J connectivity index is 2.32. The first-order chi connectivity index (χ1) is 9.15. The minimum Gasteiger partial charge on any atom is -0.481 e. The molecule has 0 aromatic carbocycles. The van der Waals surface area contributed by atoms with Gasteiger partial charge in [-0.2, -0.15) is 11.8 Å². The lowest BCUT2D eigenvalue weighted by Crippen LogP contribution is -2.49. The van der Waals surface area contributed by atoms with Crippen LogP contribution in [0.4, 0.5) is 4.79 Å². The molecule has 2 amide bonds. The Labute approximate surface area is 119 Å². The third-order valence-electron chi connectivity index (χ3n) is 3.35. The number of nitrogens with one attached hydrogen (secondary N) is 1. The van der Waals surface area contributed by atoms with Crippen LogP contribution in [0, 0.1) is 0 Å². The van der Waals surface area contributed by atoms with E-state index in [2.05, 4.69) is 11.6 Å². The van der Waals surface area contributed by atoms with Crippen molar-refractivity contribution in [3.05, 3.63) is 0 Å². The summed E-state index contributed by atoms with van der Waals surface area (Å²) in [7, 11) is 0. The normalized spacial score (nSPS) is 19.2. The standard InChI is InChI=1S/C13H24N2O3S/c1-19-9-5-3-7-14-13(18)15-8-4-2-6-11(15)10-12(16)17/h11H,2-10H2,1H3,(H,14,18)(H,16,17). The van der Waals surface area contributed by atoms with Crippen LogP contribution in [0.2, 0.25) is 0 Å². The summed E-state index contributed by atoms with van der Waals surface area (Å²) in [4.78, 5) is 24.5. The topological polar surface area (TPSA) is 69.6 Å². The summed E-state index contributed by atoms with van der Waals surface area (Å²) < 4.78 is 0. The molecule has 1 atom stereocenters. The molecule has 0 saturated carbocycles. The number of hydrogen-bond acceptors (Lipinski definition) is 3. The molecule has 1 fully saturated rings. The predicted octanol–water partition coefficient (Wildman–Crippen LogP) is 2.17. The van der Waals surface area contributed by atoms with Gasteiger partial charge in [-0.05, 0) is 44.1 Å². The largest absolute Gasteiger partial charge is 0.481 e. The number of unbranched alkanes of at least 4 members (excludes halogenated alkanes) is 1. The van der Waals surface area contributed by atoms with Gasteiger partial charge in [0.2, 0.25) is 0 Å². The lowest BCUT2D eigenvalue weighted by Gasteiger charge is -2.34. The van der Waals surface area contributed by atoms with Crippen molar-refractivity contribution in [1.29, 1.82) is 0 Å². The smallest absolute Gasteiger partial charge is 0.317 e. The highest BCUT2D eigenvalue weighted by molar-refractivity contribution is 7.98. The second-order valence-electron chi connectivity index (χ2n) is 4.87. The molecule has 5 nitrogen and oxygen atoms in total. The number of nitrogens with zero attached hydrogens (tertiary/aromatic N) is 1. The van der Waals surface area contributed by atoms with Crippen molar-refractivity contribution in [3.63, 3.8) is 0 Å². The van der Waals surface area contributed by atoms with Crippen LogP contribution in [0.5, 0.6) is 0 Å². The van der Waals surface area contributed by atoms with Gasteiger partial charge in [-0.1, -0.05) is 0 Å². The number of carboxylic acids is 1. The van der Waals surface area contributed by atoms with Crippen LogP contribution in [-0.2, 0) is 4.79 Å². The number of urea groups is 1. The first-order valence-electron chi connectivity index (χ1n) is 6.90. The Kier molecular flexibility index (Phi) is 7.70. The second-order valence-corrected chi connectivity index (χ2v) is 5.86. The zero-order valence-corrected chi connectivity index (χ0v) is 12.4. The molecule has 1 heterocycles. The molecule has 1 aliphatic rings. The molecule has 19 heavy (non-hydrogen) atoms. The molecule has 1 rings (SSSR count). The fraction of sp³-hybridized carbons (Fsp3) is 0.846. The Bertz CT molecular complexity index is 300. The molecule has 0 radical (unpaired) electrons. The molecule has 2 N–H and O–H groups in total. The number of carbonyl (C=O) groups is 2. The molecule has 1 saturated heterocycles. The van der Waals surface area contributed by atoms with Crippen molar-refractivity contribution in [1.82, 2.24) is 10.2 Å². The van der Waals surface area contributed by atoms with Gasteiger partial charge in [-0.15, -0.1) is 0 Å². The van der Waals surface area contributed by atoms with E-state index in [1.165, 1.54) is 0 Å². The van der Waals surface area contributed by atoms with Gasteiger partial charge in [0.1, 0.15) is 0 Å². The molecule has 1 aliphatic heterocycles. The number of piperidine rings is 1. The summed E-state index contributed by atoms with van der Waals surface area (Å²) in [6, 6.07) is -0.243. The highest BCUT2D eigenvalue weighted by atomic mass is 32.2. The van der Waals surface area contributed by atoms with Crippen molar-refractivity contribution in [3.8, 4) is 0 Å². The summed E-state index contributed by atoms with van der Waals surface area (Å²) in [5.74, 6) is 0.283. The fourth-order valence-electron chi connectivity index (χ4n) is 2.35. The van der Waals surface area contributed by atoms with E-state index in [0.29, 0.717) is 13.1 Å². The monoisotopic (exact) mass is 288 g/mol. The number of amides is 2. The number of rotatable bonds is 7. The minimum atomic E-state index is -0.829. The predicted molar refractivity (Wildman–Crippen MR) is 77.6 cm³/mol. The summed E-state index contributed by atoms with van der Waals surface area (Å²) in [6.45, 7) is 1.35.